The van der Waals surface area contributed by atoms with E-state index in [-0.39, 0.29) is 32.8 Å². The van der Waals surface area contributed by atoms with Crippen LogP contribution in [0, 0.1) is 0 Å². The summed E-state index contributed by atoms with van der Waals surface area (Å²) >= 11 is 0. The summed E-state index contributed by atoms with van der Waals surface area (Å²) in [5.74, 6) is 0. The first-order valence-corrected chi connectivity index (χ1v) is 7.84. The van der Waals surface area contributed by atoms with Gasteiger partial charge in [0.2, 0.25) is 0 Å². The molecule has 0 saturated heterocycles. The van der Waals surface area contributed by atoms with Crippen LogP contribution in [0.5, 0.6) is 0 Å². The van der Waals surface area contributed by atoms with Gasteiger partial charge in [-0.1, -0.05) is 36.4 Å². The zero-order valence-corrected chi connectivity index (χ0v) is 15.0. The van der Waals surface area contributed by atoms with Gasteiger partial charge in [0.1, 0.15) is 5.54 Å². The first kappa shape index (κ1) is 16.7. The van der Waals surface area contributed by atoms with Crippen molar-refractivity contribution < 1.29 is 30.3 Å². The Bertz CT molecular complexity index is 517. The van der Waals surface area contributed by atoms with Crippen LogP contribution in [0.2, 0.25) is 0 Å². The largest absolute Gasteiger partial charge is 0.565 e. The zero-order valence-electron chi connectivity index (χ0n) is 12.4. The minimum absolute atomic E-state index is 0. The van der Waals surface area contributed by atoms with E-state index >= 15 is 0 Å². The van der Waals surface area contributed by atoms with Crippen molar-refractivity contribution in [1.82, 2.24) is 0 Å². The second kappa shape index (κ2) is 5.57. The number of rotatable bonds is 2. The molecular formula is C15H22NOSiTi+. The van der Waals surface area contributed by atoms with E-state index in [4.69, 9.17) is 0 Å². The van der Waals surface area contributed by atoms with Crippen molar-refractivity contribution in [1.29, 1.82) is 0 Å². The molecule has 0 amide bonds. The van der Waals surface area contributed by atoms with Gasteiger partial charge in [0.15, 0.2) is 0 Å². The van der Waals surface area contributed by atoms with Gasteiger partial charge in [-0.2, -0.15) is 0 Å². The van der Waals surface area contributed by atoms with E-state index in [2.05, 4.69) is 59.2 Å². The predicted molar refractivity (Wildman–Crippen MR) is 76.5 cm³/mol. The smallest absolute Gasteiger partial charge is 0.328 e. The van der Waals surface area contributed by atoms with Crippen molar-refractivity contribution in [3.05, 3.63) is 41.5 Å². The molecule has 100 valence electrons. The first-order valence-electron chi connectivity index (χ1n) is 6.41. The monoisotopic (exact) mass is 308 g/mol. The molecule has 19 heavy (non-hydrogen) atoms. The van der Waals surface area contributed by atoms with Crippen LogP contribution in [0.1, 0.15) is 37.4 Å². The second-order valence-electron chi connectivity index (χ2n) is 6.43. The molecule has 1 aromatic carbocycles. The van der Waals surface area contributed by atoms with Crippen LogP contribution >= 0.6 is 0 Å². The summed E-state index contributed by atoms with van der Waals surface area (Å²) in [7, 11) is 2.35. The number of allylic oxidation sites excluding steroid dienone is 1. The van der Waals surface area contributed by atoms with Gasteiger partial charge in [-0.15, -0.1) is 0 Å². The first-order chi connectivity index (χ1) is 8.25. The minimum atomic E-state index is -1.81. The maximum absolute atomic E-state index is 13.0. The van der Waals surface area contributed by atoms with Gasteiger partial charge in [-0.25, -0.2) is 0 Å². The van der Waals surface area contributed by atoms with Gasteiger partial charge in [0.25, 0.3) is 0 Å². The topological polar surface area (TPSA) is 17.1 Å². The normalized spacial score (nSPS) is 17.8. The third-order valence-corrected chi connectivity index (χ3v) is 7.10. The minimum Gasteiger partial charge on any atom is -0.328 e. The number of hydrogen-bond donors (Lipinski definition) is 0. The van der Waals surface area contributed by atoms with Crippen LogP contribution < -0.4 is 0 Å². The molecule has 1 unspecified atom stereocenters. The zero-order chi connectivity index (χ0) is 13.6. The molecule has 0 N–H and O–H groups in total. The number of quaternary nitrogens is 1. The van der Waals surface area contributed by atoms with E-state index in [1.807, 2.05) is 12.1 Å². The summed E-state index contributed by atoms with van der Waals surface area (Å²) in [6.07, 6.45) is 4.21. The van der Waals surface area contributed by atoms with Crippen molar-refractivity contribution in [2.45, 2.75) is 31.9 Å². The Balaban J connectivity index is 0.00000180. The number of fused-ring (bicyclic) bond motifs is 1. The molecule has 2 rings (SSSR count). The Morgan fingerprint density at radius 1 is 1.16 bits per heavy atom. The van der Waals surface area contributed by atoms with Gasteiger partial charge in [0, 0.05) is 21.7 Å². The van der Waals surface area contributed by atoms with Crippen molar-refractivity contribution in [2.75, 3.05) is 14.1 Å². The molecule has 0 saturated carbocycles. The van der Waals surface area contributed by atoms with Gasteiger partial charge in [-0.05, 0) is 31.9 Å². The van der Waals surface area contributed by atoms with Crippen LogP contribution in [0.25, 0.3) is 6.08 Å². The fourth-order valence-electron chi connectivity index (χ4n) is 2.14. The second-order valence-corrected chi connectivity index (χ2v) is 8.84. The molecule has 0 heterocycles. The average molecular weight is 308 g/mol. The molecule has 0 spiro atoms. The van der Waals surface area contributed by atoms with Crippen molar-refractivity contribution in [3.8, 4) is 0 Å². The van der Waals surface area contributed by atoms with Crippen LogP contribution in [0.15, 0.2) is 30.3 Å². The Kier molecular flexibility index (Phi) is 4.89. The van der Waals surface area contributed by atoms with E-state index in [0.717, 1.165) is 0 Å². The molecule has 1 aliphatic rings. The Morgan fingerprint density at radius 2 is 1.74 bits per heavy atom. The summed E-state index contributed by atoms with van der Waals surface area (Å²) in [4.78, 5) is 0. The van der Waals surface area contributed by atoms with Gasteiger partial charge >= 0.3 is 8.84 Å². The van der Waals surface area contributed by atoms with E-state index < -0.39 is 8.84 Å². The van der Waals surface area contributed by atoms with E-state index in [1.54, 1.807) is 0 Å². The Hall–Kier alpha value is -0.349. The Labute approximate surface area is 132 Å². The van der Waals surface area contributed by atoms with Crippen LogP contribution in [0.4, 0.5) is 0 Å². The summed E-state index contributed by atoms with van der Waals surface area (Å²) in [6, 6.07) is 8.26. The third kappa shape index (κ3) is 2.89. The molecule has 0 bridgehead atoms. The fraction of sp³-hybridized carbons (Fsp3) is 0.467. The van der Waals surface area contributed by atoms with Gasteiger partial charge in [0.05, 0.1) is 19.6 Å². The van der Waals surface area contributed by atoms with E-state index in [9.17, 15) is 4.46 Å². The van der Waals surface area contributed by atoms with Gasteiger partial charge < -0.3 is 8.61 Å². The number of benzene rings is 1. The standard InChI is InChI=1S/C15H22NOSi.Ti/c1-15(2,3)16(4,5)18(17)14-11-10-12-8-6-7-9-13(12)14;/h6-11,14H,1-5H3;/q+1;. The third-order valence-electron chi connectivity index (χ3n) is 4.29. The molecule has 0 aromatic heterocycles. The van der Waals surface area contributed by atoms with Gasteiger partial charge in [-0.3, -0.25) is 0 Å². The molecule has 1 atom stereocenters. The molecule has 0 aliphatic heterocycles. The summed E-state index contributed by atoms with van der Waals surface area (Å²) in [6.45, 7) is 6.46. The van der Waals surface area contributed by atoms with Crippen molar-refractivity contribution in [3.63, 3.8) is 0 Å². The molecule has 1 aromatic rings. The summed E-state index contributed by atoms with van der Waals surface area (Å²) in [5, 5.41) is 0. The van der Waals surface area contributed by atoms with Crippen molar-refractivity contribution >= 4 is 14.9 Å². The van der Waals surface area contributed by atoms with Crippen molar-refractivity contribution in [2.24, 2.45) is 0 Å². The average Bonchev–Trinajstić information content (AvgIpc) is 2.70. The molecule has 1 aliphatic carbocycles. The predicted octanol–water partition coefficient (Wildman–Crippen LogP) is 3.13. The summed E-state index contributed by atoms with van der Waals surface area (Å²) in [5.41, 5.74) is 2.51. The molecule has 0 fully saturated rings. The number of nitrogens with zero attached hydrogens (tertiary/aromatic N) is 1. The van der Waals surface area contributed by atoms with E-state index in [1.165, 1.54) is 11.1 Å². The maximum atomic E-state index is 13.0. The van der Waals surface area contributed by atoms with E-state index in [0.29, 0.717) is 4.15 Å². The number of hydrogen-bond acceptors (Lipinski definition) is 1. The molecule has 2 nitrogen and oxygen atoms in total. The molecular weight excluding hydrogens is 286 g/mol. The molecule has 0 radical (unpaired) electrons. The molecule has 4 heteroatoms. The summed E-state index contributed by atoms with van der Waals surface area (Å²) < 4.78 is 13.6. The fourth-order valence-corrected chi connectivity index (χ4v) is 4.29. The SMILES string of the molecule is CC(C)(C)[N+](C)(C)[Si](=O)C1C=Cc2ccccc21.[Ti]. The van der Waals surface area contributed by atoms with Crippen LogP contribution in [0.3, 0.4) is 0 Å². The van der Waals surface area contributed by atoms with Crippen LogP contribution in [-0.2, 0) is 26.2 Å². The quantitative estimate of drug-likeness (QED) is 0.767. The van der Waals surface area contributed by atoms with Crippen LogP contribution in [-0.4, -0.2) is 32.6 Å². The maximum Gasteiger partial charge on any atom is 0.565 e. The Morgan fingerprint density at radius 3 is 2.32 bits per heavy atom.